The number of methoxy groups -OCH3 is 1. The van der Waals surface area contributed by atoms with Gasteiger partial charge in [0.25, 0.3) is 0 Å². The average molecular weight is 294 g/mol. The van der Waals surface area contributed by atoms with Gasteiger partial charge >= 0.3 is 5.97 Å². The smallest absolute Gasteiger partial charge is 0.338 e. The predicted octanol–water partition coefficient (Wildman–Crippen LogP) is 4.35. The zero-order chi connectivity index (χ0) is 15.9. The first-order valence-corrected chi connectivity index (χ1v) is 6.88. The predicted molar refractivity (Wildman–Crippen MR) is 88.8 cm³/mol. The summed E-state index contributed by atoms with van der Waals surface area (Å²) in [5.41, 5.74) is 2.48. The highest BCUT2D eigenvalue weighted by Crippen LogP contribution is 2.17. The van der Waals surface area contributed by atoms with E-state index in [1.165, 1.54) is 0 Å². The molecule has 2 aromatic carbocycles. The second-order valence-electron chi connectivity index (χ2n) is 4.85. The number of hydrogen-bond donors (Lipinski definition) is 0. The first-order chi connectivity index (χ1) is 10.6. The molecule has 22 heavy (non-hydrogen) atoms. The molecule has 0 amide bonds. The second kappa shape index (κ2) is 7.27. The summed E-state index contributed by atoms with van der Waals surface area (Å²) in [6.07, 6.45) is 4.00. The Morgan fingerprint density at radius 3 is 1.77 bits per heavy atom. The van der Waals surface area contributed by atoms with Crippen LogP contribution in [0.2, 0.25) is 0 Å². The summed E-state index contributed by atoms with van der Waals surface area (Å²) in [6.45, 7) is 5.17. The molecule has 0 aliphatic heterocycles. The van der Waals surface area contributed by atoms with Gasteiger partial charge in [0, 0.05) is 5.57 Å². The molecule has 2 aromatic rings. The molecule has 0 aromatic heterocycles. The SMILES string of the molecule is C=C(C)C(=O)Oc1ccc(/C=C/c2ccc(OC)cc2)cc1. The van der Waals surface area contributed by atoms with Crippen molar-refractivity contribution < 1.29 is 14.3 Å². The van der Waals surface area contributed by atoms with Gasteiger partial charge in [0.15, 0.2) is 0 Å². The molecule has 0 saturated carbocycles. The molecule has 112 valence electrons. The van der Waals surface area contributed by atoms with Crippen LogP contribution in [0.4, 0.5) is 0 Å². The number of ether oxygens (including phenoxy) is 2. The summed E-state index contributed by atoms with van der Waals surface area (Å²) in [4.78, 5) is 11.4. The lowest BCUT2D eigenvalue weighted by atomic mass is 10.1. The van der Waals surface area contributed by atoms with Crippen LogP contribution < -0.4 is 9.47 Å². The Morgan fingerprint density at radius 2 is 1.36 bits per heavy atom. The molecule has 0 bridgehead atoms. The molecule has 0 N–H and O–H groups in total. The Bertz CT molecular complexity index is 680. The summed E-state index contributed by atoms with van der Waals surface area (Å²) in [5, 5.41) is 0. The van der Waals surface area contributed by atoms with Crippen LogP contribution in [0.25, 0.3) is 12.2 Å². The fourth-order valence-electron chi connectivity index (χ4n) is 1.75. The van der Waals surface area contributed by atoms with Gasteiger partial charge < -0.3 is 9.47 Å². The van der Waals surface area contributed by atoms with E-state index < -0.39 is 5.97 Å². The number of hydrogen-bond acceptors (Lipinski definition) is 3. The molecule has 0 atom stereocenters. The van der Waals surface area contributed by atoms with E-state index in [4.69, 9.17) is 9.47 Å². The summed E-state index contributed by atoms with van der Waals surface area (Å²) >= 11 is 0. The highest BCUT2D eigenvalue weighted by molar-refractivity contribution is 5.88. The number of esters is 1. The molecular weight excluding hydrogens is 276 g/mol. The van der Waals surface area contributed by atoms with Gasteiger partial charge in [-0.3, -0.25) is 0 Å². The molecule has 0 heterocycles. The van der Waals surface area contributed by atoms with Crippen molar-refractivity contribution in [2.75, 3.05) is 7.11 Å². The van der Waals surface area contributed by atoms with E-state index in [0.717, 1.165) is 16.9 Å². The van der Waals surface area contributed by atoms with Crippen molar-refractivity contribution in [2.24, 2.45) is 0 Å². The highest BCUT2D eigenvalue weighted by Gasteiger charge is 2.04. The molecule has 2 rings (SSSR count). The lowest BCUT2D eigenvalue weighted by molar-refractivity contribution is -0.130. The Kier molecular flexibility index (Phi) is 5.15. The maximum absolute atomic E-state index is 11.4. The molecule has 0 radical (unpaired) electrons. The molecule has 0 fully saturated rings. The van der Waals surface area contributed by atoms with Gasteiger partial charge in [0.05, 0.1) is 7.11 Å². The van der Waals surface area contributed by atoms with Crippen molar-refractivity contribution in [3.05, 3.63) is 71.8 Å². The zero-order valence-corrected chi connectivity index (χ0v) is 12.7. The third kappa shape index (κ3) is 4.35. The van der Waals surface area contributed by atoms with Gasteiger partial charge in [0.2, 0.25) is 0 Å². The maximum Gasteiger partial charge on any atom is 0.338 e. The van der Waals surface area contributed by atoms with Crippen LogP contribution in [-0.2, 0) is 4.79 Å². The van der Waals surface area contributed by atoms with Gasteiger partial charge in [-0.15, -0.1) is 0 Å². The minimum Gasteiger partial charge on any atom is -0.497 e. The molecule has 3 nitrogen and oxygen atoms in total. The van der Waals surface area contributed by atoms with Crippen LogP contribution in [0.15, 0.2) is 60.7 Å². The molecule has 0 spiro atoms. The van der Waals surface area contributed by atoms with Crippen molar-refractivity contribution in [3.8, 4) is 11.5 Å². The second-order valence-corrected chi connectivity index (χ2v) is 4.85. The average Bonchev–Trinajstić information content (AvgIpc) is 2.54. The molecule has 0 unspecified atom stereocenters. The topological polar surface area (TPSA) is 35.5 Å². The fourth-order valence-corrected chi connectivity index (χ4v) is 1.75. The summed E-state index contributed by atoms with van der Waals surface area (Å²) < 4.78 is 10.3. The monoisotopic (exact) mass is 294 g/mol. The molecule has 3 heteroatoms. The van der Waals surface area contributed by atoms with E-state index in [1.807, 2.05) is 48.6 Å². The minimum atomic E-state index is -0.415. The van der Waals surface area contributed by atoms with Crippen LogP contribution in [0, 0.1) is 0 Å². The fraction of sp³-hybridized carbons (Fsp3) is 0.105. The number of carbonyl (C=O) groups is 1. The van der Waals surface area contributed by atoms with E-state index in [0.29, 0.717) is 11.3 Å². The van der Waals surface area contributed by atoms with E-state index in [-0.39, 0.29) is 0 Å². The third-order valence-corrected chi connectivity index (χ3v) is 3.02. The Labute approximate surface area is 130 Å². The number of rotatable bonds is 5. The lowest BCUT2D eigenvalue weighted by Crippen LogP contribution is -2.07. The number of carbonyl (C=O) groups excluding carboxylic acids is 1. The van der Waals surface area contributed by atoms with Gasteiger partial charge in [-0.1, -0.05) is 43.0 Å². The van der Waals surface area contributed by atoms with E-state index in [1.54, 1.807) is 26.2 Å². The first-order valence-electron chi connectivity index (χ1n) is 6.88. The summed E-state index contributed by atoms with van der Waals surface area (Å²) in [5.74, 6) is 0.928. The van der Waals surface area contributed by atoms with Crippen LogP contribution >= 0.6 is 0 Å². The van der Waals surface area contributed by atoms with E-state index >= 15 is 0 Å². The van der Waals surface area contributed by atoms with Gasteiger partial charge in [-0.25, -0.2) is 4.79 Å². The van der Waals surface area contributed by atoms with E-state index in [2.05, 4.69) is 6.58 Å². The molecule has 0 aliphatic rings. The minimum absolute atomic E-state index is 0.378. The summed E-state index contributed by atoms with van der Waals surface area (Å²) in [7, 11) is 1.65. The summed E-state index contributed by atoms with van der Waals surface area (Å²) in [6, 6.07) is 15.1. The van der Waals surface area contributed by atoms with E-state index in [9.17, 15) is 4.79 Å². The highest BCUT2D eigenvalue weighted by atomic mass is 16.5. The molecule has 0 aliphatic carbocycles. The van der Waals surface area contributed by atoms with Crippen molar-refractivity contribution in [3.63, 3.8) is 0 Å². The lowest BCUT2D eigenvalue weighted by Gasteiger charge is -2.03. The normalized spacial score (nSPS) is 10.5. The Balaban J connectivity index is 2.02. The van der Waals surface area contributed by atoms with Gasteiger partial charge in [-0.05, 0) is 42.3 Å². The van der Waals surface area contributed by atoms with Crippen molar-refractivity contribution in [1.29, 1.82) is 0 Å². The molecule has 0 saturated heterocycles. The standard InChI is InChI=1S/C19H18O3/c1-14(2)19(20)22-18-12-8-16(9-13-18)5-4-15-6-10-17(21-3)11-7-15/h4-13H,1H2,2-3H3/b5-4+. The van der Waals surface area contributed by atoms with Gasteiger partial charge in [-0.2, -0.15) is 0 Å². The van der Waals surface area contributed by atoms with Crippen molar-refractivity contribution in [1.82, 2.24) is 0 Å². The molecular formula is C19H18O3. The third-order valence-electron chi connectivity index (χ3n) is 3.02. The first kappa shape index (κ1) is 15.6. The number of benzene rings is 2. The maximum atomic E-state index is 11.4. The Hall–Kier alpha value is -2.81. The van der Waals surface area contributed by atoms with Crippen molar-refractivity contribution >= 4 is 18.1 Å². The van der Waals surface area contributed by atoms with Crippen molar-refractivity contribution in [2.45, 2.75) is 6.92 Å². The van der Waals surface area contributed by atoms with Gasteiger partial charge in [0.1, 0.15) is 11.5 Å². The van der Waals surface area contributed by atoms with Crippen LogP contribution in [0.1, 0.15) is 18.1 Å². The van der Waals surface area contributed by atoms with Crippen LogP contribution in [0.5, 0.6) is 11.5 Å². The largest absolute Gasteiger partial charge is 0.497 e. The Morgan fingerprint density at radius 1 is 0.909 bits per heavy atom. The van der Waals surface area contributed by atoms with Crippen LogP contribution in [-0.4, -0.2) is 13.1 Å². The van der Waals surface area contributed by atoms with Crippen LogP contribution in [0.3, 0.4) is 0 Å². The quantitative estimate of drug-likeness (QED) is 0.356. The zero-order valence-electron chi connectivity index (χ0n) is 12.7.